The van der Waals surface area contributed by atoms with Crippen LogP contribution in [0.5, 0.6) is 0 Å². The molecule has 0 unspecified atom stereocenters. The normalized spacial score (nSPS) is 10.5. The second-order valence-corrected chi connectivity index (χ2v) is 4.75. The summed E-state index contributed by atoms with van der Waals surface area (Å²) in [7, 11) is 0. The number of hydrogen-bond acceptors (Lipinski definition) is 4. The van der Waals surface area contributed by atoms with Gasteiger partial charge in [0, 0.05) is 17.1 Å². The minimum Gasteiger partial charge on any atom is -0.242 e. The zero-order valence-electron chi connectivity index (χ0n) is 9.87. The van der Waals surface area contributed by atoms with Crippen LogP contribution >= 0.6 is 11.3 Å². The van der Waals surface area contributed by atoms with E-state index in [4.69, 9.17) is 0 Å². The van der Waals surface area contributed by atoms with Crippen LogP contribution < -0.4 is 0 Å². The predicted molar refractivity (Wildman–Crippen MR) is 73.3 cm³/mol. The summed E-state index contributed by atoms with van der Waals surface area (Å²) in [6.07, 6.45) is 1.77. The standard InChI is InChI=1S/C14H11N3S/c1-10-15-8-7-12(16-10)14-17-13(9-18-14)11-5-3-2-4-6-11/h2-9H,1H3. The lowest BCUT2D eigenvalue weighted by Crippen LogP contribution is -1.89. The SMILES string of the molecule is Cc1nccc(-c2nc(-c3ccccc3)cs2)n1. The average molecular weight is 253 g/mol. The molecule has 0 saturated heterocycles. The van der Waals surface area contributed by atoms with Gasteiger partial charge in [-0.3, -0.25) is 0 Å². The Morgan fingerprint density at radius 2 is 1.78 bits per heavy atom. The van der Waals surface area contributed by atoms with Gasteiger partial charge >= 0.3 is 0 Å². The van der Waals surface area contributed by atoms with Crippen LogP contribution in [-0.4, -0.2) is 15.0 Å². The highest BCUT2D eigenvalue weighted by atomic mass is 32.1. The van der Waals surface area contributed by atoms with Gasteiger partial charge in [-0.05, 0) is 13.0 Å². The molecule has 0 atom stereocenters. The number of nitrogens with zero attached hydrogens (tertiary/aromatic N) is 3. The minimum atomic E-state index is 0.768. The number of aromatic nitrogens is 3. The Bertz CT molecular complexity index is 662. The maximum atomic E-state index is 4.62. The highest BCUT2D eigenvalue weighted by Gasteiger charge is 2.07. The monoisotopic (exact) mass is 253 g/mol. The molecule has 0 aliphatic carbocycles. The van der Waals surface area contributed by atoms with E-state index in [0.717, 1.165) is 27.8 Å². The smallest absolute Gasteiger partial charge is 0.142 e. The molecule has 0 fully saturated rings. The number of rotatable bonds is 2. The highest BCUT2D eigenvalue weighted by molar-refractivity contribution is 7.13. The fraction of sp³-hybridized carbons (Fsp3) is 0.0714. The van der Waals surface area contributed by atoms with E-state index >= 15 is 0 Å². The molecule has 0 bridgehead atoms. The van der Waals surface area contributed by atoms with Crippen LogP contribution in [-0.2, 0) is 0 Å². The van der Waals surface area contributed by atoms with E-state index in [1.54, 1.807) is 17.5 Å². The molecule has 0 saturated carbocycles. The predicted octanol–water partition coefficient (Wildman–Crippen LogP) is 3.58. The third-order valence-electron chi connectivity index (χ3n) is 2.57. The van der Waals surface area contributed by atoms with E-state index in [0.29, 0.717) is 0 Å². The van der Waals surface area contributed by atoms with E-state index in [2.05, 4.69) is 32.5 Å². The number of aryl methyl sites for hydroxylation is 1. The van der Waals surface area contributed by atoms with Gasteiger partial charge in [-0.1, -0.05) is 30.3 Å². The largest absolute Gasteiger partial charge is 0.242 e. The van der Waals surface area contributed by atoms with Gasteiger partial charge in [-0.15, -0.1) is 11.3 Å². The second kappa shape index (κ2) is 4.66. The molecule has 1 aromatic carbocycles. The summed E-state index contributed by atoms with van der Waals surface area (Å²) in [5, 5.41) is 2.99. The van der Waals surface area contributed by atoms with E-state index in [1.165, 1.54) is 0 Å². The van der Waals surface area contributed by atoms with Crippen LogP contribution in [0.15, 0.2) is 48.0 Å². The summed E-state index contributed by atoms with van der Waals surface area (Å²) in [6.45, 7) is 1.88. The van der Waals surface area contributed by atoms with Crippen molar-refractivity contribution in [2.45, 2.75) is 6.92 Å². The van der Waals surface area contributed by atoms with Gasteiger partial charge in [0.05, 0.1) is 5.69 Å². The fourth-order valence-corrected chi connectivity index (χ4v) is 2.51. The van der Waals surface area contributed by atoms with Gasteiger partial charge in [0.1, 0.15) is 16.5 Å². The van der Waals surface area contributed by atoms with E-state index < -0.39 is 0 Å². The van der Waals surface area contributed by atoms with Gasteiger partial charge in [0.25, 0.3) is 0 Å². The quantitative estimate of drug-likeness (QED) is 0.700. The first-order valence-corrected chi connectivity index (χ1v) is 6.52. The minimum absolute atomic E-state index is 0.768. The van der Waals surface area contributed by atoms with Gasteiger partial charge < -0.3 is 0 Å². The Labute approximate surface area is 109 Å². The molecular weight excluding hydrogens is 242 g/mol. The molecule has 3 aromatic rings. The topological polar surface area (TPSA) is 38.7 Å². The molecule has 0 radical (unpaired) electrons. The molecule has 3 rings (SSSR count). The lowest BCUT2D eigenvalue weighted by atomic mass is 10.2. The van der Waals surface area contributed by atoms with Gasteiger partial charge in [0.2, 0.25) is 0 Å². The van der Waals surface area contributed by atoms with Crippen molar-refractivity contribution in [3.8, 4) is 22.0 Å². The Morgan fingerprint density at radius 1 is 0.944 bits per heavy atom. The Hall–Kier alpha value is -2.07. The zero-order chi connectivity index (χ0) is 12.4. The van der Waals surface area contributed by atoms with Crippen molar-refractivity contribution < 1.29 is 0 Å². The van der Waals surface area contributed by atoms with E-state index in [-0.39, 0.29) is 0 Å². The molecule has 0 aliphatic rings. The van der Waals surface area contributed by atoms with Crippen LogP contribution in [0.25, 0.3) is 22.0 Å². The third kappa shape index (κ3) is 2.15. The van der Waals surface area contributed by atoms with Crippen molar-refractivity contribution in [3.05, 3.63) is 53.8 Å². The Kier molecular flexibility index (Phi) is 2.86. The van der Waals surface area contributed by atoms with Crippen LogP contribution in [0.4, 0.5) is 0 Å². The summed E-state index contributed by atoms with van der Waals surface area (Å²) >= 11 is 1.60. The molecule has 2 heterocycles. The molecule has 88 valence electrons. The van der Waals surface area contributed by atoms with Crippen molar-refractivity contribution in [2.24, 2.45) is 0 Å². The highest BCUT2D eigenvalue weighted by Crippen LogP contribution is 2.27. The molecule has 2 aromatic heterocycles. The summed E-state index contributed by atoms with van der Waals surface area (Å²) in [5.74, 6) is 0.768. The summed E-state index contributed by atoms with van der Waals surface area (Å²) < 4.78 is 0. The number of benzene rings is 1. The van der Waals surface area contributed by atoms with Gasteiger partial charge in [-0.25, -0.2) is 15.0 Å². The van der Waals surface area contributed by atoms with Crippen LogP contribution in [0, 0.1) is 6.92 Å². The summed E-state index contributed by atoms with van der Waals surface area (Å²) in [6, 6.07) is 12.0. The van der Waals surface area contributed by atoms with Crippen molar-refractivity contribution in [1.82, 2.24) is 15.0 Å². The van der Waals surface area contributed by atoms with E-state index in [1.807, 2.05) is 31.2 Å². The molecule has 18 heavy (non-hydrogen) atoms. The third-order valence-corrected chi connectivity index (χ3v) is 3.43. The summed E-state index contributed by atoms with van der Waals surface area (Å²) in [4.78, 5) is 13.1. The van der Waals surface area contributed by atoms with Crippen LogP contribution in [0.2, 0.25) is 0 Å². The van der Waals surface area contributed by atoms with Gasteiger partial charge in [-0.2, -0.15) is 0 Å². The maximum Gasteiger partial charge on any atom is 0.142 e. The molecule has 0 N–H and O–H groups in total. The molecule has 0 amide bonds. The molecule has 4 heteroatoms. The molecule has 3 nitrogen and oxygen atoms in total. The van der Waals surface area contributed by atoms with Crippen molar-refractivity contribution in [2.75, 3.05) is 0 Å². The van der Waals surface area contributed by atoms with Gasteiger partial charge in [0.15, 0.2) is 0 Å². The Balaban J connectivity index is 2.00. The first-order valence-electron chi connectivity index (χ1n) is 5.64. The fourth-order valence-electron chi connectivity index (χ4n) is 1.71. The average Bonchev–Trinajstić information content (AvgIpc) is 2.89. The van der Waals surface area contributed by atoms with Crippen molar-refractivity contribution >= 4 is 11.3 Å². The van der Waals surface area contributed by atoms with Crippen LogP contribution in [0.1, 0.15) is 5.82 Å². The first-order chi connectivity index (χ1) is 8.83. The summed E-state index contributed by atoms with van der Waals surface area (Å²) in [5.41, 5.74) is 3.01. The Morgan fingerprint density at radius 3 is 2.56 bits per heavy atom. The second-order valence-electron chi connectivity index (χ2n) is 3.89. The van der Waals surface area contributed by atoms with Crippen molar-refractivity contribution in [3.63, 3.8) is 0 Å². The van der Waals surface area contributed by atoms with E-state index in [9.17, 15) is 0 Å². The zero-order valence-corrected chi connectivity index (χ0v) is 10.7. The van der Waals surface area contributed by atoms with Crippen molar-refractivity contribution in [1.29, 1.82) is 0 Å². The molecule has 0 aliphatic heterocycles. The van der Waals surface area contributed by atoms with Crippen LogP contribution in [0.3, 0.4) is 0 Å². The number of thiazole rings is 1. The maximum absolute atomic E-state index is 4.62. The lowest BCUT2D eigenvalue weighted by molar-refractivity contribution is 1.06. The molecule has 0 spiro atoms. The lowest BCUT2D eigenvalue weighted by Gasteiger charge is -1.96. The number of hydrogen-bond donors (Lipinski definition) is 0. The molecular formula is C14H11N3S. The first kappa shape index (κ1) is 11.0.